The molecule has 2 nitrogen and oxygen atoms in total. The molecule has 0 unspecified atom stereocenters. The summed E-state index contributed by atoms with van der Waals surface area (Å²) in [5.74, 6) is 3.00. The maximum absolute atomic E-state index is 5.62. The molecule has 0 saturated heterocycles. The van der Waals surface area contributed by atoms with E-state index < -0.39 is 0 Å². The molecule has 0 amide bonds. The fourth-order valence-electron chi connectivity index (χ4n) is 1.11. The second-order valence-electron chi connectivity index (χ2n) is 3.02. The molecule has 14 heavy (non-hydrogen) atoms. The second-order valence-corrected chi connectivity index (χ2v) is 4.24. The average molecular weight is 211 g/mol. The van der Waals surface area contributed by atoms with Gasteiger partial charge in [-0.2, -0.15) is 11.8 Å². The molecule has 0 spiro atoms. The summed E-state index contributed by atoms with van der Waals surface area (Å²) in [7, 11) is 0. The summed E-state index contributed by atoms with van der Waals surface area (Å²) in [4.78, 5) is 0. The summed E-state index contributed by atoms with van der Waals surface area (Å²) >= 11 is 1.83. The highest BCUT2D eigenvalue weighted by Gasteiger charge is 1.96. The topological polar surface area (TPSA) is 35.2 Å². The first kappa shape index (κ1) is 11.4. The van der Waals surface area contributed by atoms with Crippen LogP contribution in [0.4, 0.5) is 0 Å². The van der Waals surface area contributed by atoms with Gasteiger partial charge in [0.2, 0.25) is 0 Å². The van der Waals surface area contributed by atoms with E-state index in [1.165, 1.54) is 5.56 Å². The molecular weight excluding hydrogens is 194 g/mol. The number of nitrogens with two attached hydrogens (primary N) is 1. The molecule has 2 N–H and O–H groups in total. The van der Waals surface area contributed by atoms with Crippen LogP contribution in [-0.2, 0) is 0 Å². The number of hydrogen-bond acceptors (Lipinski definition) is 3. The summed E-state index contributed by atoms with van der Waals surface area (Å²) in [5, 5.41) is 0. The van der Waals surface area contributed by atoms with Gasteiger partial charge in [-0.3, -0.25) is 0 Å². The van der Waals surface area contributed by atoms with Crippen molar-refractivity contribution < 1.29 is 4.74 Å². The molecule has 0 aliphatic heterocycles. The number of hydrogen-bond donors (Lipinski definition) is 1. The number of thioether (sulfide) groups is 1. The van der Waals surface area contributed by atoms with Crippen LogP contribution in [0.15, 0.2) is 24.3 Å². The second kappa shape index (κ2) is 6.74. The Morgan fingerprint density at radius 3 is 2.79 bits per heavy atom. The molecule has 3 heteroatoms. The third-order valence-electron chi connectivity index (χ3n) is 1.84. The van der Waals surface area contributed by atoms with Gasteiger partial charge < -0.3 is 10.5 Å². The van der Waals surface area contributed by atoms with Gasteiger partial charge in [0.05, 0.1) is 6.61 Å². The first-order chi connectivity index (χ1) is 6.84. The molecule has 1 rings (SSSR count). The van der Waals surface area contributed by atoms with Crippen molar-refractivity contribution in [3.63, 3.8) is 0 Å². The van der Waals surface area contributed by atoms with Crippen molar-refractivity contribution in [3.8, 4) is 5.75 Å². The van der Waals surface area contributed by atoms with Crippen molar-refractivity contribution in [2.24, 2.45) is 5.73 Å². The van der Waals surface area contributed by atoms with Crippen molar-refractivity contribution in [3.05, 3.63) is 29.8 Å². The van der Waals surface area contributed by atoms with Crippen LogP contribution in [0, 0.1) is 6.92 Å². The molecule has 0 aromatic heterocycles. The minimum Gasteiger partial charge on any atom is -0.492 e. The molecule has 0 aliphatic carbocycles. The largest absolute Gasteiger partial charge is 0.492 e. The van der Waals surface area contributed by atoms with Crippen molar-refractivity contribution in [2.75, 3.05) is 24.7 Å². The van der Waals surface area contributed by atoms with Crippen LogP contribution >= 0.6 is 11.8 Å². The van der Waals surface area contributed by atoms with Crippen molar-refractivity contribution in [1.82, 2.24) is 0 Å². The van der Waals surface area contributed by atoms with Gasteiger partial charge in [-0.05, 0) is 18.6 Å². The Bertz CT molecular complexity index is 265. The Kier molecular flexibility index (Phi) is 5.49. The Hall–Kier alpha value is -0.670. The maximum Gasteiger partial charge on any atom is 0.122 e. The predicted octanol–water partition coefficient (Wildman–Crippen LogP) is 2.07. The van der Waals surface area contributed by atoms with Crippen LogP contribution in [0.5, 0.6) is 5.75 Å². The Labute approximate surface area is 89.8 Å². The summed E-state index contributed by atoms with van der Waals surface area (Å²) in [6.07, 6.45) is 0. The minimum atomic E-state index is 0.745. The lowest BCUT2D eigenvalue weighted by atomic mass is 10.2. The van der Waals surface area contributed by atoms with E-state index in [0.29, 0.717) is 0 Å². The van der Waals surface area contributed by atoms with Crippen LogP contribution < -0.4 is 10.5 Å². The first-order valence-electron chi connectivity index (χ1n) is 4.81. The van der Waals surface area contributed by atoms with E-state index in [0.717, 1.165) is 30.4 Å². The molecule has 0 atom stereocenters. The monoisotopic (exact) mass is 211 g/mol. The van der Waals surface area contributed by atoms with Gasteiger partial charge in [0.1, 0.15) is 5.75 Å². The fraction of sp³-hybridized carbons (Fsp3) is 0.455. The summed E-state index contributed by atoms with van der Waals surface area (Å²) in [6, 6.07) is 8.08. The van der Waals surface area contributed by atoms with Crippen LogP contribution in [0.1, 0.15) is 5.56 Å². The lowest BCUT2D eigenvalue weighted by Crippen LogP contribution is -2.06. The fourth-order valence-corrected chi connectivity index (χ4v) is 1.69. The lowest BCUT2D eigenvalue weighted by molar-refractivity contribution is 0.341. The summed E-state index contributed by atoms with van der Waals surface area (Å²) in [5.41, 5.74) is 6.58. The average Bonchev–Trinajstić information content (AvgIpc) is 2.20. The molecule has 1 aromatic carbocycles. The first-order valence-corrected chi connectivity index (χ1v) is 5.96. The molecule has 1 aromatic rings. The van der Waals surface area contributed by atoms with Gasteiger partial charge in [-0.15, -0.1) is 0 Å². The van der Waals surface area contributed by atoms with Crippen molar-refractivity contribution in [1.29, 1.82) is 0 Å². The van der Waals surface area contributed by atoms with Gasteiger partial charge in [-0.1, -0.05) is 18.2 Å². The molecule has 78 valence electrons. The third-order valence-corrected chi connectivity index (χ3v) is 2.82. The van der Waals surface area contributed by atoms with Gasteiger partial charge >= 0.3 is 0 Å². The minimum absolute atomic E-state index is 0.745. The summed E-state index contributed by atoms with van der Waals surface area (Å²) in [6.45, 7) is 3.56. The molecule has 0 saturated carbocycles. The van der Waals surface area contributed by atoms with Crippen LogP contribution in [-0.4, -0.2) is 24.7 Å². The zero-order valence-corrected chi connectivity index (χ0v) is 9.35. The molecule has 0 fully saturated rings. The number of benzene rings is 1. The highest BCUT2D eigenvalue weighted by atomic mass is 32.2. The standard InChI is InChI=1S/C11H17NOS/c1-10-4-2-3-5-11(10)13-7-9-14-8-6-12/h2-5H,6-9,12H2,1H3. The third kappa shape index (κ3) is 4.03. The normalized spacial score (nSPS) is 10.1. The highest BCUT2D eigenvalue weighted by molar-refractivity contribution is 7.99. The Balaban J connectivity index is 2.21. The van der Waals surface area contributed by atoms with E-state index in [9.17, 15) is 0 Å². The van der Waals surface area contributed by atoms with Gasteiger partial charge in [0.15, 0.2) is 0 Å². The molecule has 0 radical (unpaired) electrons. The molecular formula is C11H17NOS. The van der Waals surface area contributed by atoms with Crippen LogP contribution in [0.3, 0.4) is 0 Å². The Morgan fingerprint density at radius 2 is 2.07 bits per heavy atom. The number of ether oxygens (including phenoxy) is 1. The lowest BCUT2D eigenvalue weighted by Gasteiger charge is -2.07. The van der Waals surface area contributed by atoms with E-state index in [4.69, 9.17) is 10.5 Å². The zero-order valence-electron chi connectivity index (χ0n) is 8.53. The van der Waals surface area contributed by atoms with E-state index in [1.807, 2.05) is 30.0 Å². The van der Waals surface area contributed by atoms with E-state index >= 15 is 0 Å². The Morgan fingerprint density at radius 1 is 1.29 bits per heavy atom. The molecule has 0 bridgehead atoms. The zero-order chi connectivity index (χ0) is 10.2. The number of para-hydroxylation sites is 1. The van der Waals surface area contributed by atoms with E-state index in [1.54, 1.807) is 0 Å². The van der Waals surface area contributed by atoms with Crippen molar-refractivity contribution in [2.45, 2.75) is 6.92 Å². The highest BCUT2D eigenvalue weighted by Crippen LogP contribution is 2.16. The van der Waals surface area contributed by atoms with Gasteiger partial charge in [0.25, 0.3) is 0 Å². The maximum atomic E-state index is 5.62. The smallest absolute Gasteiger partial charge is 0.122 e. The van der Waals surface area contributed by atoms with Crippen LogP contribution in [0.2, 0.25) is 0 Å². The van der Waals surface area contributed by atoms with Gasteiger partial charge in [0, 0.05) is 18.1 Å². The number of rotatable bonds is 6. The van der Waals surface area contributed by atoms with E-state index in [-0.39, 0.29) is 0 Å². The SMILES string of the molecule is Cc1ccccc1OCCSCCN. The van der Waals surface area contributed by atoms with E-state index in [2.05, 4.69) is 13.0 Å². The predicted molar refractivity (Wildman–Crippen MR) is 63.1 cm³/mol. The van der Waals surface area contributed by atoms with Crippen molar-refractivity contribution >= 4 is 11.8 Å². The van der Waals surface area contributed by atoms with Crippen LogP contribution in [0.25, 0.3) is 0 Å². The van der Waals surface area contributed by atoms with Gasteiger partial charge in [-0.25, -0.2) is 0 Å². The molecule has 0 aliphatic rings. The summed E-state index contributed by atoms with van der Waals surface area (Å²) < 4.78 is 5.62. The number of aryl methyl sites for hydroxylation is 1. The quantitative estimate of drug-likeness (QED) is 0.732. The molecule has 0 heterocycles.